The summed E-state index contributed by atoms with van der Waals surface area (Å²) in [6.45, 7) is 7.50. The maximum absolute atomic E-state index is 12.0. The van der Waals surface area contributed by atoms with Crippen LogP contribution in [0.15, 0.2) is 36.8 Å². The van der Waals surface area contributed by atoms with Crippen LogP contribution in [0.3, 0.4) is 0 Å². The molecule has 1 N–H and O–H groups in total. The molecule has 0 radical (unpaired) electrons. The van der Waals surface area contributed by atoms with Gasteiger partial charge in [-0.25, -0.2) is 18.4 Å². The van der Waals surface area contributed by atoms with E-state index in [-0.39, 0.29) is 11.5 Å². The van der Waals surface area contributed by atoms with Crippen molar-refractivity contribution in [3.05, 3.63) is 53.6 Å². The molecule has 11 heteroatoms. The van der Waals surface area contributed by atoms with Crippen LogP contribution in [0, 0.1) is 19.3 Å². The number of anilines is 1. The Balaban J connectivity index is 1.19. The number of sulfone groups is 1. The lowest BCUT2D eigenvalue weighted by atomic mass is 9.78. The second kappa shape index (κ2) is 9.30. The summed E-state index contributed by atoms with van der Waals surface area (Å²) in [5.41, 5.74) is 5.35. The number of hydrogen-bond acceptors (Lipinski definition) is 9. The van der Waals surface area contributed by atoms with Crippen LogP contribution in [-0.4, -0.2) is 63.4 Å². The predicted molar refractivity (Wildman–Crippen MR) is 145 cm³/mol. The number of aromatic nitrogens is 6. The minimum atomic E-state index is -2.89. The maximum Gasteiger partial charge on any atom is 0.225 e. The topological polar surface area (TPSA) is 127 Å². The van der Waals surface area contributed by atoms with Gasteiger partial charge in [-0.15, -0.1) is 0 Å². The van der Waals surface area contributed by atoms with Crippen molar-refractivity contribution in [3.63, 3.8) is 0 Å². The quantitative estimate of drug-likeness (QED) is 0.405. The van der Waals surface area contributed by atoms with Gasteiger partial charge in [-0.3, -0.25) is 5.10 Å². The average Bonchev–Trinajstić information content (AvgIpc) is 3.44. The summed E-state index contributed by atoms with van der Waals surface area (Å²) in [5, 5.41) is 16.7. The largest absolute Gasteiger partial charge is 0.486 e. The molecule has 2 aliphatic heterocycles. The van der Waals surface area contributed by atoms with E-state index in [1.807, 2.05) is 39.0 Å². The lowest BCUT2D eigenvalue weighted by Crippen LogP contribution is -2.41. The molecule has 198 valence electrons. The Morgan fingerprint density at radius 3 is 2.53 bits per heavy atom. The highest BCUT2D eigenvalue weighted by atomic mass is 32.2. The summed E-state index contributed by atoms with van der Waals surface area (Å²) < 4.78 is 30.3. The monoisotopic (exact) mass is 533 g/mol. The van der Waals surface area contributed by atoms with Crippen LogP contribution in [0.25, 0.3) is 22.2 Å². The minimum absolute atomic E-state index is 0.0637. The van der Waals surface area contributed by atoms with Gasteiger partial charge < -0.3 is 9.64 Å². The molecule has 1 spiro atoms. The van der Waals surface area contributed by atoms with Gasteiger partial charge >= 0.3 is 0 Å². The van der Waals surface area contributed by atoms with E-state index in [1.54, 1.807) is 18.6 Å². The van der Waals surface area contributed by atoms with E-state index in [0.717, 1.165) is 77.1 Å². The van der Waals surface area contributed by atoms with Gasteiger partial charge in [0.2, 0.25) is 5.95 Å². The van der Waals surface area contributed by atoms with Crippen molar-refractivity contribution in [2.45, 2.75) is 46.1 Å². The Bertz CT molecular complexity index is 1570. The molecule has 10 nitrogen and oxygen atoms in total. The molecule has 2 fully saturated rings. The lowest BCUT2D eigenvalue weighted by Gasteiger charge is -2.38. The Kier molecular flexibility index (Phi) is 6.05. The second-order valence-electron chi connectivity index (χ2n) is 10.7. The van der Waals surface area contributed by atoms with E-state index in [2.05, 4.69) is 35.3 Å². The molecule has 2 saturated heterocycles. The third-order valence-corrected chi connectivity index (χ3v) is 9.89. The van der Waals surface area contributed by atoms with Gasteiger partial charge in [0.05, 0.1) is 28.9 Å². The summed E-state index contributed by atoms with van der Waals surface area (Å²) in [7, 11) is -2.89. The summed E-state index contributed by atoms with van der Waals surface area (Å²) in [6, 6.07) is 5.87. The highest BCUT2D eigenvalue weighted by molar-refractivity contribution is 7.91. The van der Waals surface area contributed by atoms with Gasteiger partial charge in [-0.05, 0) is 69.2 Å². The van der Waals surface area contributed by atoms with Gasteiger partial charge in [0, 0.05) is 42.0 Å². The minimum Gasteiger partial charge on any atom is -0.486 e. The van der Waals surface area contributed by atoms with E-state index in [9.17, 15) is 8.42 Å². The molecule has 3 aromatic heterocycles. The molecule has 0 unspecified atom stereocenters. The fourth-order valence-corrected chi connectivity index (χ4v) is 8.19. The SMILES string of the molecule is Cc1cnnc(C)c1[C@@H](C)Oc1ccc2[nH]nc(-c3cnc(N4CCC5(CC4)CCS(=O)(=O)C5)nc3)c2c1. The van der Waals surface area contributed by atoms with Crippen molar-refractivity contribution in [1.82, 2.24) is 30.4 Å². The van der Waals surface area contributed by atoms with Crippen LogP contribution in [-0.2, 0) is 9.84 Å². The number of benzene rings is 1. The molecule has 0 aliphatic carbocycles. The summed E-state index contributed by atoms with van der Waals surface area (Å²) in [5.74, 6) is 2.04. The van der Waals surface area contributed by atoms with Crippen LogP contribution in [0.2, 0.25) is 0 Å². The van der Waals surface area contributed by atoms with Crippen LogP contribution < -0.4 is 9.64 Å². The van der Waals surface area contributed by atoms with Gasteiger partial charge in [0.25, 0.3) is 0 Å². The third kappa shape index (κ3) is 4.59. The molecule has 0 amide bonds. The fourth-order valence-electron chi connectivity index (χ4n) is 5.94. The van der Waals surface area contributed by atoms with Crippen molar-refractivity contribution >= 4 is 26.7 Å². The molecule has 38 heavy (non-hydrogen) atoms. The van der Waals surface area contributed by atoms with Crippen LogP contribution in [0.5, 0.6) is 5.75 Å². The zero-order chi connectivity index (χ0) is 26.5. The number of fused-ring (bicyclic) bond motifs is 1. The molecule has 0 bridgehead atoms. The average molecular weight is 534 g/mol. The number of rotatable bonds is 5. The number of piperidine rings is 1. The molecule has 1 aromatic carbocycles. The van der Waals surface area contributed by atoms with Crippen LogP contribution in [0.4, 0.5) is 5.95 Å². The standard InChI is InChI=1S/C27H31N7O3S/c1-17-13-30-31-18(2)24(17)19(3)37-21-4-5-23-22(12-21)25(33-32-23)20-14-28-26(29-15-20)34-9-6-27(7-10-34)8-11-38(35,36)16-27/h4-5,12-15,19H,6-11,16H2,1-3H3,(H,32,33)/t19-/m1/s1. The van der Waals surface area contributed by atoms with Gasteiger partial charge in [-0.2, -0.15) is 15.3 Å². The predicted octanol–water partition coefficient (Wildman–Crippen LogP) is 3.97. The first-order chi connectivity index (χ1) is 18.2. The fraction of sp³-hybridized carbons (Fsp3) is 0.444. The van der Waals surface area contributed by atoms with Crippen LogP contribution >= 0.6 is 0 Å². The van der Waals surface area contributed by atoms with Crippen molar-refractivity contribution < 1.29 is 13.2 Å². The maximum atomic E-state index is 12.0. The Morgan fingerprint density at radius 2 is 1.84 bits per heavy atom. The Hall–Kier alpha value is -3.60. The molecule has 1 atom stereocenters. The number of H-pyrrole nitrogens is 1. The Morgan fingerprint density at radius 1 is 1.08 bits per heavy atom. The molecule has 0 saturated carbocycles. The van der Waals surface area contributed by atoms with E-state index >= 15 is 0 Å². The normalized spacial score (nSPS) is 19.2. The van der Waals surface area contributed by atoms with Gasteiger partial charge in [-0.1, -0.05) is 0 Å². The van der Waals surface area contributed by atoms with Crippen molar-refractivity contribution in [1.29, 1.82) is 0 Å². The molecular formula is C27H31N7O3S. The first-order valence-corrected chi connectivity index (χ1v) is 14.8. The second-order valence-corrected chi connectivity index (χ2v) is 12.9. The number of aromatic amines is 1. The highest BCUT2D eigenvalue weighted by Gasteiger charge is 2.44. The number of aryl methyl sites for hydroxylation is 2. The number of hydrogen-bond donors (Lipinski definition) is 1. The summed E-state index contributed by atoms with van der Waals surface area (Å²) >= 11 is 0. The summed E-state index contributed by atoms with van der Waals surface area (Å²) in [4.78, 5) is 11.4. The van der Waals surface area contributed by atoms with E-state index < -0.39 is 9.84 Å². The lowest BCUT2D eigenvalue weighted by molar-refractivity contribution is 0.225. The molecule has 5 heterocycles. The molecular weight excluding hydrogens is 502 g/mol. The summed E-state index contributed by atoms with van der Waals surface area (Å²) in [6.07, 6.45) is 7.66. The van der Waals surface area contributed by atoms with E-state index in [0.29, 0.717) is 17.5 Å². The first-order valence-electron chi connectivity index (χ1n) is 12.9. The molecule has 2 aliphatic rings. The highest BCUT2D eigenvalue weighted by Crippen LogP contribution is 2.42. The van der Waals surface area contributed by atoms with E-state index in [4.69, 9.17) is 4.74 Å². The van der Waals surface area contributed by atoms with Gasteiger partial charge in [0.15, 0.2) is 9.84 Å². The van der Waals surface area contributed by atoms with Crippen LogP contribution in [0.1, 0.15) is 49.1 Å². The van der Waals surface area contributed by atoms with Crippen molar-refractivity contribution in [2.24, 2.45) is 5.41 Å². The smallest absolute Gasteiger partial charge is 0.225 e. The number of ether oxygens (including phenoxy) is 1. The number of nitrogens with one attached hydrogen (secondary N) is 1. The zero-order valence-corrected chi connectivity index (χ0v) is 22.6. The first kappa shape index (κ1) is 24.7. The number of nitrogens with zero attached hydrogens (tertiary/aromatic N) is 6. The van der Waals surface area contributed by atoms with Crippen molar-refractivity contribution in [2.75, 3.05) is 29.5 Å². The molecule has 6 rings (SSSR count). The van der Waals surface area contributed by atoms with Gasteiger partial charge in [0.1, 0.15) is 17.5 Å². The van der Waals surface area contributed by atoms with Crippen molar-refractivity contribution in [3.8, 4) is 17.0 Å². The molecule has 4 aromatic rings. The Labute approximate surface area is 221 Å². The van der Waals surface area contributed by atoms with E-state index in [1.165, 1.54) is 0 Å². The zero-order valence-electron chi connectivity index (χ0n) is 21.8. The third-order valence-electron chi connectivity index (χ3n) is 8.02.